The van der Waals surface area contributed by atoms with Gasteiger partial charge in [0.05, 0.1) is 23.7 Å². The Morgan fingerprint density at radius 3 is 2.50 bits per heavy atom. The highest BCUT2D eigenvalue weighted by Crippen LogP contribution is 2.44. The van der Waals surface area contributed by atoms with Crippen LogP contribution in [0.5, 0.6) is 11.6 Å². The van der Waals surface area contributed by atoms with Crippen LogP contribution in [0.25, 0.3) is 11.3 Å². The number of carboxylic acids is 1. The lowest BCUT2D eigenvalue weighted by Gasteiger charge is -2.28. The average molecular weight is 380 g/mol. The number of anilines is 1. The van der Waals surface area contributed by atoms with Crippen LogP contribution in [0.3, 0.4) is 0 Å². The molecule has 7 nitrogen and oxygen atoms in total. The zero-order chi connectivity index (χ0) is 19.7. The van der Waals surface area contributed by atoms with Crippen LogP contribution in [0.1, 0.15) is 41.1 Å². The molecule has 0 atom stereocenters. The molecule has 4 rings (SSSR count). The Kier molecular flexibility index (Phi) is 4.60. The topological polar surface area (TPSA) is 111 Å². The second-order valence-electron chi connectivity index (χ2n) is 6.59. The summed E-state index contributed by atoms with van der Waals surface area (Å²) in [5, 5.41) is 8.99. The van der Waals surface area contributed by atoms with Gasteiger partial charge in [-0.05, 0) is 30.9 Å². The Labute approximate surface area is 160 Å². The molecule has 0 aliphatic heterocycles. The molecule has 1 fully saturated rings. The Morgan fingerprint density at radius 2 is 1.93 bits per heavy atom. The van der Waals surface area contributed by atoms with Gasteiger partial charge in [0.25, 0.3) is 0 Å². The second-order valence-corrected chi connectivity index (χ2v) is 6.59. The van der Waals surface area contributed by atoms with Gasteiger partial charge in [0, 0.05) is 23.4 Å². The molecular formula is C20H17FN4O3. The van der Waals surface area contributed by atoms with Crippen molar-refractivity contribution in [1.29, 1.82) is 0 Å². The maximum atomic E-state index is 15.4. The van der Waals surface area contributed by atoms with Gasteiger partial charge in [0.1, 0.15) is 5.82 Å². The van der Waals surface area contributed by atoms with Crippen molar-refractivity contribution in [3.63, 3.8) is 0 Å². The van der Waals surface area contributed by atoms with Crippen LogP contribution in [0.15, 0.2) is 42.9 Å². The number of hydrogen-bond donors (Lipinski definition) is 2. The van der Waals surface area contributed by atoms with Crippen molar-refractivity contribution in [2.24, 2.45) is 0 Å². The van der Waals surface area contributed by atoms with Crippen molar-refractivity contribution < 1.29 is 19.0 Å². The highest BCUT2D eigenvalue weighted by Gasteiger charge is 2.27. The zero-order valence-electron chi connectivity index (χ0n) is 14.8. The van der Waals surface area contributed by atoms with Gasteiger partial charge in [0.2, 0.25) is 5.88 Å². The van der Waals surface area contributed by atoms with E-state index in [-0.39, 0.29) is 34.5 Å². The molecule has 0 radical (unpaired) electrons. The minimum atomic E-state index is -1.09. The number of carbonyl (C=O) groups is 1. The van der Waals surface area contributed by atoms with Crippen molar-refractivity contribution >= 4 is 11.8 Å². The second kappa shape index (κ2) is 7.22. The van der Waals surface area contributed by atoms with Crippen LogP contribution in [0.4, 0.5) is 10.2 Å². The van der Waals surface area contributed by atoms with Crippen LogP contribution in [0, 0.1) is 5.82 Å². The molecule has 0 spiro atoms. The standard InChI is InChI=1S/C20H17FN4O3/c21-18-14(15-9-24-16(22)10-23-15)6-5-13(11-2-1-3-11)19(18)28-17-7-4-12(8-25-17)20(26)27/h4-11H,1-3H2,(H2,22,24)(H,26,27). The van der Waals surface area contributed by atoms with Gasteiger partial charge in [-0.3, -0.25) is 4.98 Å². The van der Waals surface area contributed by atoms with Gasteiger partial charge in [-0.1, -0.05) is 12.5 Å². The molecular weight excluding hydrogens is 363 g/mol. The van der Waals surface area contributed by atoms with E-state index in [9.17, 15) is 4.79 Å². The normalized spacial score (nSPS) is 13.8. The van der Waals surface area contributed by atoms with E-state index in [0.717, 1.165) is 24.8 Å². The van der Waals surface area contributed by atoms with Gasteiger partial charge in [-0.2, -0.15) is 0 Å². The maximum Gasteiger partial charge on any atom is 0.337 e. The smallest absolute Gasteiger partial charge is 0.337 e. The lowest BCUT2D eigenvalue weighted by molar-refractivity contribution is 0.0696. The summed E-state index contributed by atoms with van der Waals surface area (Å²) < 4.78 is 21.2. The minimum absolute atomic E-state index is 0.0259. The molecule has 28 heavy (non-hydrogen) atoms. The lowest BCUT2D eigenvalue weighted by Crippen LogP contribution is -2.11. The van der Waals surface area contributed by atoms with E-state index in [0.29, 0.717) is 5.69 Å². The summed E-state index contributed by atoms with van der Waals surface area (Å²) in [5.41, 5.74) is 6.93. The van der Waals surface area contributed by atoms with Gasteiger partial charge < -0.3 is 15.6 Å². The summed E-state index contributed by atoms with van der Waals surface area (Å²) in [6, 6.07) is 6.27. The number of hydrogen-bond acceptors (Lipinski definition) is 6. The SMILES string of the molecule is Nc1cnc(-c2ccc(C3CCC3)c(Oc3ccc(C(=O)O)cn3)c2F)cn1. The summed E-state index contributed by atoms with van der Waals surface area (Å²) in [7, 11) is 0. The number of rotatable bonds is 5. The van der Waals surface area contributed by atoms with Gasteiger partial charge >= 0.3 is 5.97 Å². The van der Waals surface area contributed by atoms with Gasteiger partial charge in [0.15, 0.2) is 11.6 Å². The highest BCUT2D eigenvalue weighted by molar-refractivity contribution is 5.87. The fourth-order valence-electron chi connectivity index (χ4n) is 3.06. The highest BCUT2D eigenvalue weighted by atomic mass is 19.1. The first kappa shape index (κ1) is 17.8. The minimum Gasteiger partial charge on any atom is -0.478 e. The van der Waals surface area contributed by atoms with Crippen molar-refractivity contribution in [2.75, 3.05) is 5.73 Å². The predicted octanol–water partition coefficient (Wildman–Crippen LogP) is 4.02. The summed E-state index contributed by atoms with van der Waals surface area (Å²) in [6.45, 7) is 0. The van der Waals surface area contributed by atoms with E-state index in [2.05, 4.69) is 15.0 Å². The van der Waals surface area contributed by atoms with Crippen molar-refractivity contribution in [3.8, 4) is 22.9 Å². The van der Waals surface area contributed by atoms with E-state index < -0.39 is 11.8 Å². The van der Waals surface area contributed by atoms with Crippen molar-refractivity contribution in [2.45, 2.75) is 25.2 Å². The van der Waals surface area contributed by atoms with E-state index in [1.54, 1.807) is 6.07 Å². The number of aromatic nitrogens is 3. The molecule has 2 aromatic heterocycles. The van der Waals surface area contributed by atoms with E-state index in [1.165, 1.54) is 30.7 Å². The summed E-state index contributed by atoms with van der Waals surface area (Å²) in [6.07, 6.45) is 6.95. The fraction of sp³-hybridized carbons (Fsp3) is 0.200. The van der Waals surface area contributed by atoms with Crippen LogP contribution in [0.2, 0.25) is 0 Å². The average Bonchev–Trinajstić information content (AvgIpc) is 2.64. The number of nitrogen functional groups attached to an aromatic ring is 1. The molecule has 1 aliphatic rings. The van der Waals surface area contributed by atoms with Crippen LogP contribution < -0.4 is 10.5 Å². The summed E-state index contributed by atoms with van der Waals surface area (Å²) >= 11 is 0. The number of benzene rings is 1. The third kappa shape index (κ3) is 3.36. The first-order valence-corrected chi connectivity index (χ1v) is 8.80. The molecule has 3 N–H and O–H groups in total. The molecule has 3 aromatic rings. The number of aromatic carboxylic acids is 1. The number of pyridine rings is 1. The first-order valence-electron chi connectivity index (χ1n) is 8.80. The third-order valence-electron chi connectivity index (χ3n) is 4.81. The number of halogens is 1. The first-order chi connectivity index (χ1) is 13.5. The molecule has 0 unspecified atom stereocenters. The number of carboxylic acid groups (broad SMARTS) is 1. The van der Waals surface area contributed by atoms with E-state index in [1.807, 2.05) is 6.07 Å². The largest absolute Gasteiger partial charge is 0.478 e. The zero-order valence-corrected chi connectivity index (χ0v) is 14.8. The van der Waals surface area contributed by atoms with E-state index >= 15 is 4.39 Å². The van der Waals surface area contributed by atoms with Crippen molar-refractivity contribution in [1.82, 2.24) is 15.0 Å². The van der Waals surface area contributed by atoms with Gasteiger partial charge in [-0.15, -0.1) is 0 Å². The monoisotopic (exact) mass is 380 g/mol. The third-order valence-corrected chi connectivity index (χ3v) is 4.81. The Morgan fingerprint density at radius 1 is 1.11 bits per heavy atom. The number of nitrogens with two attached hydrogens (primary N) is 1. The fourth-order valence-corrected chi connectivity index (χ4v) is 3.06. The van der Waals surface area contributed by atoms with Crippen LogP contribution in [-0.4, -0.2) is 26.0 Å². The molecule has 0 amide bonds. The molecule has 8 heteroatoms. The number of ether oxygens (including phenoxy) is 1. The summed E-state index contributed by atoms with van der Waals surface area (Å²) in [5.74, 6) is -0.998. The Bertz CT molecular complexity index is 1020. The number of nitrogens with zero attached hydrogens (tertiary/aromatic N) is 3. The molecule has 1 aliphatic carbocycles. The van der Waals surface area contributed by atoms with Crippen LogP contribution >= 0.6 is 0 Å². The van der Waals surface area contributed by atoms with Crippen LogP contribution in [-0.2, 0) is 0 Å². The quantitative estimate of drug-likeness (QED) is 0.687. The predicted molar refractivity (Wildman–Crippen MR) is 99.7 cm³/mol. The molecule has 0 saturated heterocycles. The summed E-state index contributed by atoms with van der Waals surface area (Å²) in [4.78, 5) is 23.1. The van der Waals surface area contributed by atoms with Crippen molar-refractivity contribution in [3.05, 3.63) is 59.8 Å². The van der Waals surface area contributed by atoms with E-state index in [4.69, 9.17) is 15.6 Å². The molecule has 0 bridgehead atoms. The molecule has 1 saturated carbocycles. The molecule has 2 heterocycles. The molecule has 1 aromatic carbocycles. The maximum absolute atomic E-state index is 15.4. The lowest BCUT2D eigenvalue weighted by atomic mass is 9.79. The van der Waals surface area contributed by atoms with Gasteiger partial charge in [-0.25, -0.2) is 19.2 Å². The molecule has 142 valence electrons. The Balaban J connectivity index is 1.75. The Hall–Kier alpha value is -3.55.